The maximum absolute atomic E-state index is 13.0. The molecule has 6 nitrogen and oxygen atoms in total. The van der Waals surface area contributed by atoms with Crippen molar-refractivity contribution < 1.29 is 4.79 Å². The third-order valence-electron chi connectivity index (χ3n) is 6.72. The van der Waals surface area contributed by atoms with E-state index in [1.54, 1.807) is 6.20 Å². The highest BCUT2D eigenvalue weighted by Gasteiger charge is 2.28. The van der Waals surface area contributed by atoms with Gasteiger partial charge in [-0.3, -0.25) is 4.79 Å². The lowest BCUT2D eigenvalue weighted by atomic mass is 9.96. The maximum Gasteiger partial charge on any atom is 0.225 e. The molecule has 1 fully saturated rings. The van der Waals surface area contributed by atoms with E-state index in [2.05, 4.69) is 53.3 Å². The number of hydrogen-bond acceptors (Lipinski definition) is 4. The number of halogens is 1. The van der Waals surface area contributed by atoms with Crippen LogP contribution in [0, 0.1) is 5.92 Å². The van der Waals surface area contributed by atoms with Gasteiger partial charge in [0.1, 0.15) is 5.52 Å². The standard InChI is InChI=1S/C28H30ClN5O/c1-19(2)21-11-9-20(10-12-21)17-31-28(35)22-6-5-14-33(18-22)27-26-16-25(32-34(26)15-13-30-27)23-7-3-4-8-24(23)29/h3-4,7-13,15-16,19,22H,5-6,14,17-18H2,1-2H3,(H,31,35). The molecule has 1 saturated heterocycles. The van der Waals surface area contributed by atoms with E-state index in [4.69, 9.17) is 16.7 Å². The average molecular weight is 488 g/mol. The summed E-state index contributed by atoms with van der Waals surface area (Å²) < 4.78 is 1.84. The van der Waals surface area contributed by atoms with Crippen LogP contribution in [0.5, 0.6) is 0 Å². The van der Waals surface area contributed by atoms with Gasteiger partial charge in [0.25, 0.3) is 0 Å². The first-order valence-corrected chi connectivity index (χ1v) is 12.6. The summed E-state index contributed by atoms with van der Waals surface area (Å²) in [5.41, 5.74) is 5.03. The van der Waals surface area contributed by atoms with Crippen molar-refractivity contribution in [3.63, 3.8) is 0 Å². The molecule has 0 aliphatic carbocycles. The summed E-state index contributed by atoms with van der Waals surface area (Å²) in [5.74, 6) is 1.37. The number of carbonyl (C=O) groups is 1. The Morgan fingerprint density at radius 1 is 1.17 bits per heavy atom. The zero-order chi connectivity index (χ0) is 24.4. The van der Waals surface area contributed by atoms with Crippen LogP contribution in [0.25, 0.3) is 16.8 Å². The number of fused-ring (bicyclic) bond motifs is 1. The lowest BCUT2D eigenvalue weighted by Gasteiger charge is -2.33. The first kappa shape index (κ1) is 23.4. The van der Waals surface area contributed by atoms with Crippen molar-refractivity contribution in [1.29, 1.82) is 0 Å². The van der Waals surface area contributed by atoms with Crippen LogP contribution in [0.1, 0.15) is 43.7 Å². The number of hydrogen-bond donors (Lipinski definition) is 1. The second-order valence-corrected chi connectivity index (χ2v) is 9.90. The van der Waals surface area contributed by atoms with E-state index >= 15 is 0 Å². The van der Waals surface area contributed by atoms with Crippen molar-refractivity contribution in [3.8, 4) is 11.3 Å². The van der Waals surface area contributed by atoms with Crippen molar-refractivity contribution >= 4 is 28.8 Å². The Labute approximate surface area is 210 Å². The van der Waals surface area contributed by atoms with Crippen molar-refractivity contribution in [2.45, 2.75) is 39.2 Å². The van der Waals surface area contributed by atoms with Gasteiger partial charge in [-0.1, -0.05) is 67.9 Å². The van der Waals surface area contributed by atoms with E-state index in [1.807, 2.05) is 41.0 Å². The molecule has 5 rings (SSSR count). The molecule has 1 amide bonds. The zero-order valence-corrected chi connectivity index (χ0v) is 20.9. The van der Waals surface area contributed by atoms with Gasteiger partial charge in [0.15, 0.2) is 5.82 Å². The van der Waals surface area contributed by atoms with E-state index in [9.17, 15) is 4.79 Å². The van der Waals surface area contributed by atoms with Crippen molar-refractivity contribution in [2.75, 3.05) is 18.0 Å². The fourth-order valence-electron chi connectivity index (χ4n) is 4.69. The van der Waals surface area contributed by atoms with Crippen LogP contribution in [0.2, 0.25) is 5.02 Å². The van der Waals surface area contributed by atoms with E-state index < -0.39 is 0 Å². The molecule has 3 heterocycles. The number of rotatable bonds is 6. The van der Waals surface area contributed by atoms with E-state index in [0.717, 1.165) is 47.5 Å². The summed E-state index contributed by atoms with van der Waals surface area (Å²) in [6.45, 7) is 6.41. The number of nitrogens with zero attached hydrogens (tertiary/aromatic N) is 4. The molecule has 4 aromatic rings. The normalized spacial score (nSPS) is 16.1. The number of benzene rings is 2. The number of anilines is 1. The third kappa shape index (κ3) is 5.03. The molecular formula is C28H30ClN5O. The Hall–Kier alpha value is -3.38. The van der Waals surface area contributed by atoms with E-state index in [0.29, 0.717) is 24.0 Å². The predicted octanol–water partition coefficient (Wildman–Crippen LogP) is 5.71. The smallest absolute Gasteiger partial charge is 0.225 e. The summed E-state index contributed by atoms with van der Waals surface area (Å²) in [6, 6.07) is 18.2. The number of nitrogens with one attached hydrogen (secondary N) is 1. The fraction of sp³-hybridized carbons (Fsp3) is 0.321. The van der Waals surface area contributed by atoms with Gasteiger partial charge in [-0.25, -0.2) is 9.50 Å². The van der Waals surface area contributed by atoms with Crippen LogP contribution in [0.4, 0.5) is 5.82 Å². The monoisotopic (exact) mass is 487 g/mol. The predicted molar refractivity (Wildman–Crippen MR) is 141 cm³/mol. The van der Waals surface area contributed by atoms with Crippen LogP contribution >= 0.6 is 11.6 Å². The maximum atomic E-state index is 13.0. The molecule has 0 spiro atoms. The highest BCUT2D eigenvalue weighted by atomic mass is 35.5. The SMILES string of the molecule is CC(C)c1ccc(CNC(=O)C2CCCN(c3nccn4nc(-c5ccccc5Cl)cc34)C2)cc1. The van der Waals surface area contributed by atoms with Gasteiger partial charge in [0.2, 0.25) is 5.91 Å². The fourth-order valence-corrected chi connectivity index (χ4v) is 4.92. The largest absolute Gasteiger partial charge is 0.354 e. The summed E-state index contributed by atoms with van der Waals surface area (Å²) in [7, 11) is 0. The minimum atomic E-state index is -0.0771. The second-order valence-electron chi connectivity index (χ2n) is 9.49. The Morgan fingerprint density at radius 3 is 2.74 bits per heavy atom. The molecule has 0 radical (unpaired) electrons. The zero-order valence-electron chi connectivity index (χ0n) is 20.1. The minimum absolute atomic E-state index is 0.0771. The highest BCUT2D eigenvalue weighted by Crippen LogP contribution is 2.31. The summed E-state index contributed by atoms with van der Waals surface area (Å²) in [4.78, 5) is 19.9. The van der Waals surface area contributed by atoms with Gasteiger partial charge in [0, 0.05) is 37.6 Å². The second kappa shape index (κ2) is 10.1. The molecule has 1 aliphatic rings. The Kier molecular flexibility index (Phi) is 6.73. The Morgan fingerprint density at radius 2 is 1.97 bits per heavy atom. The van der Waals surface area contributed by atoms with Crippen molar-refractivity contribution in [3.05, 3.63) is 83.1 Å². The number of amides is 1. The van der Waals surface area contributed by atoms with Gasteiger partial charge in [-0.05, 0) is 42.0 Å². The molecular weight excluding hydrogens is 458 g/mol. The highest BCUT2D eigenvalue weighted by molar-refractivity contribution is 6.33. The minimum Gasteiger partial charge on any atom is -0.354 e. The quantitative estimate of drug-likeness (QED) is 0.378. The van der Waals surface area contributed by atoms with Crippen molar-refractivity contribution in [2.24, 2.45) is 5.92 Å². The molecule has 0 bridgehead atoms. The number of piperidine rings is 1. The summed E-state index contributed by atoms with van der Waals surface area (Å²) >= 11 is 6.40. The molecule has 0 saturated carbocycles. The molecule has 1 unspecified atom stereocenters. The van der Waals surface area contributed by atoms with Crippen LogP contribution in [-0.4, -0.2) is 33.6 Å². The molecule has 35 heavy (non-hydrogen) atoms. The lowest BCUT2D eigenvalue weighted by molar-refractivity contribution is -0.125. The van der Waals surface area contributed by atoms with Crippen LogP contribution in [-0.2, 0) is 11.3 Å². The van der Waals surface area contributed by atoms with Gasteiger partial charge in [0.05, 0.1) is 16.6 Å². The molecule has 2 aromatic heterocycles. The molecule has 1 N–H and O–H groups in total. The van der Waals surface area contributed by atoms with E-state index in [1.165, 1.54) is 5.56 Å². The van der Waals surface area contributed by atoms with Crippen LogP contribution < -0.4 is 10.2 Å². The molecule has 2 aromatic carbocycles. The topological polar surface area (TPSA) is 62.5 Å². The average Bonchev–Trinajstić information content (AvgIpc) is 3.32. The number of carbonyl (C=O) groups excluding carboxylic acids is 1. The third-order valence-corrected chi connectivity index (χ3v) is 7.05. The Bertz CT molecular complexity index is 1330. The van der Waals surface area contributed by atoms with Crippen molar-refractivity contribution in [1.82, 2.24) is 19.9 Å². The molecule has 7 heteroatoms. The van der Waals surface area contributed by atoms with E-state index in [-0.39, 0.29) is 11.8 Å². The molecule has 1 aliphatic heterocycles. The summed E-state index contributed by atoms with van der Waals surface area (Å²) in [5, 5.41) is 8.53. The summed E-state index contributed by atoms with van der Waals surface area (Å²) in [6.07, 6.45) is 5.42. The van der Waals surface area contributed by atoms with Gasteiger partial charge in [-0.2, -0.15) is 5.10 Å². The van der Waals surface area contributed by atoms with Gasteiger partial charge >= 0.3 is 0 Å². The molecule has 1 atom stereocenters. The van der Waals surface area contributed by atoms with Gasteiger partial charge in [-0.15, -0.1) is 0 Å². The number of aromatic nitrogens is 3. The van der Waals surface area contributed by atoms with Crippen LogP contribution in [0.3, 0.4) is 0 Å². The molecule has 180 valence electrons. The van der Waals surface area contributed by atoms with Crippen LogP contribution in [0.15, 0.2) is 67.0 Å². The van der Waals surface area contributed by atoms with Gasteiger partial charge < -0.3 is 10.2 Å². The Balaban J connectivity index is 1.30. The first-order valence-electron chi connectivity index (χ1n) is 12.2. The first-order chi connectivity index (χ1) is 17.0. The lowest BCUT2D eigenvalue weighted by Crippen LogP contribution is -2.43.